The first-order chi connectivity index (χ1) is 10.0. The van der Waals surface area contributed by atoms with Crippen LogP contribution in [0, 0.1) is 11.3 Å². The smallest absolute Gasteiger partial charge is 0.304 e. The molecule has 1 aliphatic rings. The van der Waals surface area contributed by atoms with Gasteiger partial charge in [0.1, 0.15) is 0 Å². The lowest BCUT2D eigenvalue weighted by atomic mass is 10.1. The van der Waals surface area contributed by atoms with Crippen LogP contribution in [0.15, 0.2) is 34.0 Å². The van der Waals surface area contributed by atoms with E-state index in [1.54, 1.807) is 29.0 Å². The van der Waals surface area contributed by atoms with Crippen LogP contribution in [-0.4, -0.2) is 12.0 Å². The van der Waals surface area contributed by atoms with Crippen molar-refractivity contribution in [1.82, 2.24) is 0 Å². The Bertz CT molecular complexity index is 710. The van der Waals surface area contributed by atoms with Crippen LogP contribution in [-0.2, 0) is 0 Å². The number of fused-ring (bicyclic) bond motifs is 1. The number of anilines is 1. The molecule has 3 rings (SSSR count). The molecule has 1 unspecified atom stereocenters. The van der Waals surface area contributed by atoms with Crippen molar-refractivity contribution in [2.24, 2.45) is 4.99 Å². The first-order valence-electron chi connectivity index (χ1n) is 5.95. The Morgan fingerprint density at radius 2 is 2.10 bits per heavy atom. The Kier molecular flexibility index (Phi) is 3.47. The standard InChI is InChI=1S/C13H8F3N3S2/c14-13(15,16)12-18-8-4-7-21-11(8)9(3-5-17)19(12)10-2-1-6-20-10/h1-2,4,6-7,9H,3H2. The van der Waals surface area contributed by atoms with Crippen molar-refractivity contribution < 1.29 is 13.2 Å². The summed E-state index contributed by atoms with van der Waals surface area (Å²) in [5.41, 5.74) is 0.306. The number of halogens is 3. The molecule has 1 aliphatic heterocycles. The van der Waals surface area contributed by atoms with Gasteiger partial charge in [-0.25, -0.2) is 4.99 Å². The normalized spacial score (nSPS) is 18.1. The maximum Gasteiger partial charge on any atom is 0.449 e. The summed E-state index contributed by atoms with van der Waals surface area (Å²) < 4.78 is 40.0. The highest BCUT2D eigenvalue weighted by atomic mass is 32.1. The Morgan fingerprint density at radius 3 is 2.71 bits per heavy atom. The molecule has 0 fully saturated rings. The van der Waals surface area contributed by atoms with E-state index in [1.807, 2.05) is 6.07 Å². The summed E-state index contributed by atoms with van der Waals surface area (Å²) in [5.74, 6) is -0.962. The van der Waals surface area contributed by atoms with E-state index < -0.39 is 18.1 Å². The topological polar surface area (TPSA) is 39.4 Å². The molecule has 0 aromatic carbocycles. The molecule has 21 heavy (non-hydrogen) atoms. The third-order valence-electron chi connectivity index (χ3n) is 3.02. The number of amidine groups is 1. The average molecular weight is 327 g/mol. The predicted octanol–water partition coefficient (Wildman–Crippen LogP) is 4.88. The molecule has 1 atom stereocenters. The van der Waals surface area contributed by atoms with Crippen LogP contribution < -0.4 is 4.90 Å². The van der Waals surface area contributed by atoms with Gasteiger partial charge >= 0.3 is 6.18 Å². The van der Waals surface area contributed by atoms with Gasteiger partial charge in [0.2, 0.25) is 5.84 Å². The van der Waals surface area contributed by atoms with Crippen molar-refractivity contribution in [3.05, 3.63) is 33.8 Å². The highest BCUT2D eigenvalue weighted by Crippen LogP contribution is 2.46. The van der Waals surface area contributed by atoms with E-state index in [0.717, 1.165) is 4.90 Å². The molecular formula is C13H8F3N3S2. The highest BCUT2D eigenvalue weighted by Gasteiger charge is 2.46. The quantitative estimate of drug-likeness (QED) is 0.789. The molecule has 2 aromatic rings. The van der Waals surface area contributed by atoms with Crippen LogP contribution >= 0.6 is 22.7 Å². The monoisotopic (exact) mass is 327 g/mol. The van der Waals surface area contributed by atoms with Gasteiger partial charge in [-0.15, -0.1) is 22.7 Å². The molecule has 0 bridgehead atoms. The molecule has 0 saturated heterocycles. The van der Waals surface area contributed by atoms with Crippen molar-refractivity contribution >= 4 is 39.2 Å². The van der Waals surface area contributed by atoms with E-state index in [2.05, 4.69) is 4.99 Å². The summed E-state index contributed by atoms with van der Waals surface area (Å²) in [6, 6.07) is 6.17. The van der Waals surface area contributed by atoms with E-state index in [4.69, 9.17) is 5.26 Å². The van der Waals surface area contributed by atoms with Gasteiger partial charge in [0, 0.05) is 0 Å². The molecule has 0 spiro atoms. The van der Waals surface area contributed by atoms with Gasteiger partial charge in [0.05, 0.1) is 34.1 Å². The van der Waals surface area contributed by atoms with Crippen LogP contribution in [0.5, 0.6) is 0 Å². The second kappa shape index (κ2) is 5.16. The van der Waals surface area contributed by atoms with E-state index in [1.165, 1.54) is 22.7 Å². The van der Waals surface area contributed by atoms with E-state index in [0.29, 0.717) is 15.6 Å². The minimum atomic E-state index is -4.57. The molecule has 2 aromatic heterocycles. The fourth-order valence-electron chi connectivity index (χ4n) is 2.22. The van der Waals surface area contributed by atoms with Crippen LogP contribution in [0.3, 0.4) is 0 Å². The summed E-state index contributed by atoms with van der Waals surface area (Å²) in [6.07, 6.45) is -4.60. The fraction of sp³-hybridized carbons (Fsp3) is 0.231. The molecule has 8 heteroatoms. The highest BCUT2D eigenvalue weighted by molar-refractivity contribution is 7.14. The van der Waals surface area contributed by atoms with Crippen molar-refractivity contribution in [3.8, 4) is 6.07 Å². The number of nitrogens with zero attached hydrogens (tertiary/aromatic N) is 3. The summed E-state index contributed by atoms with van der Waals surface area (Å²) in [4.78, 5) is 5.60. The second-order valence-electron chi connectivity index (χ2n) is 4.30. The lowest BCUT2D eigenvalue weighted by molar-refractivity contribution is -0.0606. The maximum atomic E-state index is 13.3. The van der Waals surface area contributed by atoms with Gasteiger partial charge in [0.15, 0.2) is 0 Å². The predicted molar refractivity (Wildman–Crippen MR) is 77.2 cm³/mol. The van der Waals surface area contributed by atoms with Gasteiger partial charge < -0.3 is 4.90 Å². The molecule has 0 radical (unpaired) electrons. The molecule has 0 saturated carbocycles. The first-order valence-corrected chi connectivity index (χ1v) is 7.71. The number of rotatable bonds is 2. The SMILES string of the molecule is N#CCC1c2sccc2N=C(C(F)(F)F)N1c1cccs1. The minimum absolute atomic E-state index is 0.0273. The van der Waals surface area contributed by atoms with Gasteiger partial charge in [-0.2, -0.15) is 18.4 Å². The van der Waals surface area contributed by atoms with Gasteiger partial charge in [-0.05, 0) is 29.0 Å². The van der Waals surface area contributed by atoms with Crippen molar-refractivity contribution in [2.75, 3.05) is 4.90 Å². The molecule has 108 valence electrons. The first kappa shape index (κ1) is 14.1. The zero-order valence-electron chi connectivity index (χ0n) is 10.5. The third kappa shape index (κ3) is 2.43. The number of alkyl halides is 3. The Balaban J connectivity index is 2.19. The third-order valence-corrected chi connectivity index (χ3v) is 4.90. The molecule has 0 N–H and O–H groups in total. The van der Waals surface area contributed by atoms with Crippen LogP contribution in [0.4, 0.5) is 23.9 Å². The maximum absolute atomic E-state index is 13.3. The van der Waals surface area contributed by atoms with E-state index in [9.17, 15) is 13.2 Å². The second-order valence-corrected chi connectivity index (χ2v) is 6.18. The molecular weight excluding hydrogens is 319 g/mol. The van der Waals surface area contributed by atoms with Gasteiger partial charge in [-0.1, -0.05) is 0 Å². The molecule has 0 amide bonds. The number of hydrogen-bond acceptors (Lipinski definition) is 5. The van der Waals surface area contributed by atoms with Crippen molar-refractivity contribution in [2.45, 2.75) is 18.6 Å². The molecule has 3 nitrogen and oxygen atoms in total. The fourth-order valence-corrected chi connectivity index (χ4v) is 3.93. The van der Waals surface area contributed by atoms with E-state index in [-0.39, 0.29) is 6.42 Å². The summed E-state index contributed by atoms with van der Waals surface area (Å²) >= 11 is 2.52. The number of hydrogen-bond donors (Lipinski definition) is 0. The number of thiophene rings is 2. The molecule has 3 heterocycles. The Labute approximate surface area is 126 Å². The number of nitriles is 1. The lowest BCUT2D eigenvalue weighted by Crippen LogP contribution is -2.44. The van der Waals surface area contributed by atoms with Crippen LogP contribution in [0.2, 0.25) is 0 Å². The Hall–Kier alpha value is -1.85. The van der Waals surface area contributed by atoms with Gasteiger partial charge in [0.25, 0.3) is 0 Å². The largest absolute Gasteiger partial charge is 0.449 e. The molecule has 0 aliphatic carbocycles. The summed E-state index contributed by atoms with van der Waals surface area (Å²) in [5, 5.41) is 12.8. The zero-order chi connectivity index (χ0) is 15.0. The van der Waals surface area contributed by atoms with Gasteiger partial charge in [-0.3, -0.25) is 0 Å². The summed E-state index contributed by atoms with van der Waals surface area (Å²) in [7, 11) is 0. The summed E-state index contributed by atoms with van der Waals surface area (Å²) in [6.45, 7) is 0. The van der Waals surface area contributed by atoms with Crippen LogP contribution in [0.1, 0.15) is 17.3 Å². The number of aliphatic imine (C=N–C) groups is 1. The lowest BCUT2D eigenvalue weighted by Gasteiger charge is -2.35. The average Bonchev–Trinajstić information content (AvgIpc) is 3.08. The van der Waals surface area contributed by atoms with Crippen molar-refractivity contribution in [1.29, 1.82) is 5.26 Å². The zero-order valence-corrected chi connectivity index (χ0v) is 12.1. The van der Waals surface area contributed by atoms with E-state index >= 15 is 0 Å². The van der Waals surface area contributed by atoms with Crippen LogP contribution in [0.25, 0.3) is 0 Å². The Morgan fingerprint density at radius 1 is 1.29 bits per heavy atom. The minimum Gasteiger partial charge on any atom is -0.304 e. The van der Waals surface area contributed by atoms with Crippen molar-refractivity contribution in [3.63, 3.8) is 0 Å².